The van der Waals surface area contributed by atoms with Crippen LogP contribution in [0.2, 0.25) is 0 Å². The van der Waals surface area contributed by atoms with Gasteiger partial charge in [0.2, 0.25) is 5.89 Å². The maximum atomic E-state index is 12.6. The van der Waals surface area contributed by atoms with E-state index in [1.165, 1.54) is 12.7 Å². The predicted molar refractivity (Wildman–Crippen MR) is 89.7 cm³/mol. The van der Waals surface area contributed by atoms with Gasteiger partial charge in [0.05, 0.1) is 0 Å². The van der Waals surface area contributed by atoms with E-state index in [-0.39, 0.29) is 18.3 Å². The highest BCUT2D eigenvalue weighted by Gasteiger charge is 2.32. The summed E-state index contributed by atoms with van der Waals surface area (Å²) in [4.78, 5) is 18.9. The molecule has 6 heteroatoms. The van der Waals surface area contributed by atoms with E-state index in [0.717, 1.165) is 31.5 Å². The number of likely N-dealkylation sites (tertiary alicyclic amines) is 1. The molecule has 2 bridgehead atoms. The molecule has 1 N–H and O–H groups in total. The van der Waals surface area contributed by atoms with Gasteiger partial charge < -0.3 is 14.6 Å². The summed E-state index contributed by atoms with van der Waals surface area (Å²) in [6.45, 7) is 1.56. The SMILES string of the molecule is Cl.O=C(c1coc(-c2ccccc2)n1)N1CCC2CCC(C1)N2. The summed E-state index contributed by atoms with van der Waals surface area (Å²) in [5.74, 6) is 0.471. The van der Waals surface area contributed by atoms with E-state index in [9.17, 15) is 4.79 Å². The number of hydrogen-bond acceptors (Lipinski definition) is 4. The molecular weight excluding hydrogens is 314 g/mol. The van der Waals surface area contributed by atoms with E-state index in [2.05, 4.69) is 10.3 Å². The number of benzene rings is 1. The van der Waals surface area contributed by atoms with Gasteiger partial charge in [0.25, 0.3) is 5.91 Å². The summed E-state index contributed by atoms with van der Waals surface area (Å²) in [6.07, 6.45) is 4.88. The first kappa shape index (κ1) is 16.0. The molecule has 2 aromatic rings. The summed E-state index contributed by atoms with van der Waals surface area (Å²) >= 11 is 0. The van der Waals surface area contributed by atoms with Crippen molar-refractivity contribution in [3.05, 3.63) is 42.3 Å². The lowest BCUT2D eigenvalue weighted by atomic mass is 10.1. The van der Waals surface area contributed by atoms with Crippen molar-refractivity contribution >= 4 is 18.3 Å². The Morgan fingerprint density at radius 1 is 1.17 bits per heavy atom. The van der Waals surface area contributed by atoms with Crippen molar-refractivity contribution in [2.45, 2.75) is 31.3 Å². The summed E-state index contributed by atoms with van der Waals surface area (Å²) in [7, 11) is 0. The van der Waals surface area contributed by atoms with Crippen LogP contribution in [0.15, 0.2) is 41.0 Å². The smallest absolute Gasteiger partial charge is 0.275 e. The van der Waals surface area contributed by atoms with Crippen LogP contribution >= 0.6 is 12.4 Å². The molecule has 4 rings (SSSR count). The highest BCUT2D eigenvalue weighted by Crippen LogP contribution is 2.23. The normalized spacial score (nSPS) is 23.2. The molecule has 2 atom stereocenters. The zero-order valence-electron chi connectivity index (χ0n) is 12.8. The Balaban J connectivity index is 0.00000156. The zero-order valence-corrected chi connectivity index (χ0v) is 13.6. The molecule has 0 spiro atoms. The molecule has 2 unspecified atom stereocenters. The first-order chi connectivity index (χ1) is 10.8. The van der Waals surface area contributed by atoms with Crippen molar-refractivity contribution in [2.24, 2.45) is 0 Å². The molecule has 0 saturated carbocycles. The van der Waals surface area contributed by atoms with Crippen LogP contribution in [0, 0.1) is 0 Å². The highest BCUT2D eigenvalue weighted by molar-refractivity contribution is 5.92. The Morgan fingerprint density at radius 2 is 1.96 bits per heavy atom. The van der Waals surface area contributed by atoms with Crippen LogP contribution in [0.3, 0.4) is 0 Å². The Labute approximate surface area is 141 Å². The average Bonchev–Trinajstić information content (AvgIpc) is 3.14. The van der Waals surface area contributed by atoms with E-state index in [0.29, 0.717) is 23.7 Å². The summed E-state index contributed by atoms with van der Waals surface area (Å²) in [6, 6.07) is 10.6. The maximum absolute atomic E-state index is 12.6. The minimum Gasteiger partial charge on any atom is -0.444 e. The van der Waals surface area contributed by atoms with Crippen LogP contribution in [0.5, 0.6) is 0 Å². The standard InChI is InChI=1S/C17H19N3O2.ClH/c21-17(20-9-8-13-6-7-14(10-20)18-13)15-11-22-16(19-15)12-4-2-1-3-5-12;/h1-5,11,13-14,18H,6-10H2;1H. The van der Waals surface area contributed by atoms with Gasteiger partial charge in [-0.05, 0) is 31.4 Å². The molecule has 1 amide bonds. The number of carbonyl (C=O) groups excluding carboxylic acids is 1. The van der Waals surface area contributed by atoms with Crippen LogP contribution in [-0.2, 0) is 0 Å². The molecule has 2 aliphatic heterocycles. The maximum Gasteiger partial charge on any atom is 0.275 e. The van der Waals surface area contributed by atoms with Crippen LogP contribution in [-0.4, -0.2) is 41.0 Å². The van der Waals surface area contributed by atoms with Gasteiger partial charge in [-0.15, -0.1) is 12.4 Å². The molecular formula is C17H20ClN3O2. The first-order valence-corrected chi connectivity index (χ1v) is 7.86. The minimum atomic E-state index is -0.0275. The van der Waals surface area contributed by atoms with Crippen molar-refractivity contribution in [1.82, 2.24) is 15.2 Å². The summed E-state index contributed by atoms with van der Waals surface area (Å²) in [5.41, 5.74) is 1.29. The van der Waals surface area contributed by atoms with Gasteiger partial charge in [-0.1, -0.05) is 18.2 Å². The van der Waals surface area contributed by atoms with E-state index in [1.807, 2.05) is 35.2 Å². The Morgan fingerprint density at radius 3 is 2.78 bits per heavy atom. The predicted octanol–water partition coefficient (Wildman–Crippen LogP) is 2.73. The molecule has 1 aromatic carbocycles. The molecule has 2 saturated heterocycles. The fourth-order valence-electron chi connectivity index (χ4n) is 3.37. The molecule has 2 fully saturated rings. The number of hydrogen-bond donors (Lipinski definition) is 1. The molecule has 23 heavy (non-hydrogen) atoms. The topological polar surface area (TPSA) is 58.4 Å². The second-order valence-electron chi connectivity index (χ2n) is 6.08. The lowest BCUT2D eigenvalue weighted by Crippen LogP contribution is -2.39. The lowest BCUT2D eigenvalue weighted by molar-refractivity contribution is 0.0742. The van der Waals surface area contributed by atoms with E-state index >= 15 is 0 Å². The van der Waals surface area contributed by atoms with Gasteiger partial charge >= 0.3 is 0 Å². The van der Waals surface area contributed by atoms with Gasteiger partial charge in [0.15, 0.2) is 5.69 Å². The van der Waals surface area contributed by atoms with Crippen LogP contribution in [0.25, 0.3) is 11.5 Å². The number of oxazole rings is 1. The molecule has 1 aromatic heterocycles. The number of nitrogens with zero attached hydrogens (tertiary/aromatic N) is 2. The molecule has 5 nitrogen and oxygen atoms in total. The second-order valence-corrected chi connectivity index (χ2v) is 6.08. The van der Waals surface area contributed by atoms with Crippen LogP contribution in [0.1, 0.15) is 29.8 Å². The molecule has 2 aliphatic rings. The highest BCUT2D eigenvalue weighted by atomic mass is 35.5. The number of halogens is 1. The second kappa shape index (κ2) is 6.72. The van der Waals surface area contributed by atoms with Crippen molar-refractivity contribution in [3.8, 4) is 11.5 Å². The third kappa shape index (κ3) is 3.26. The summed E-state index contributed by atoms with van der Waals surface area (Å²) < 4.78 is 5.48. The fourth-order valence-corrected chi connectivity index (χ4v) is 3.37. The van der Waals surface area contributed by atoms with Crippen molar-refractivity contribution in [2.75, 3.05) is 13.1 Å². The average molecular weight is 334 g/mol. The van der Waals surface area contributed by atoms with Crippen LogP contribution in [0.4, 0.5) is 0 Å². The van der Waals surface area contributed by atoms with Crippen molar-refractivity contribution in [3.63, 3.8) is 0 Å². The molecule has 3 heterocycles. The zero-order chi connectivity index (χ0) is 14.9. The van der Waals surface area contributed by atoms with Crippen molar-refractivity contribution in [1.29, 1.82) is 0 Å². The van der Waals surface area contributed by atoms with E-state index < -0.39 is 0 Å². The van der Waals surface area contributed by atoms with Gasteiger partial charge in [-0.3, -0.25) is 4.79 Å². The van der Waals surface area contributed by atoms with Crippen molar-refractivity contribution < 1.29 is 9.21 Å². The van der Waals surface area contributed by atoms with Crippen LogP contribution < -0.4 is 5.32 Å². The van der Waals surface area contributed by atoms with Gasteiger partial charge in [-0.25, -0.2) is 4.98 Å². The Hall–Kier alpha value is -1.85. The number of fused-ring (bicyclic) bond motifs is 2. The minimum absolute atomic E-state index is 0. The first-order valence-electron chi connectivity index (χ1n) is 7.86. The quantitative estimate of drug-likeness (QED) is 0.918. The fraction of sp³-hybridized carbons (Fsp3) is 0.412. The number of nitrogens with one attached hydrogen (secondary N) is 1. The summed E-state index contributed by atoms with van der Waals surface area (Å²) in [5, 5.41) is 3.58. The Bertz CT molecular complexity index is 673. The third-order valence-corrected chi connectivity index (χ3v) is 4.55. The molecule has 0 radical (unpaired) electrons. The number of amides is 1. The number of rotatable bonds is 2. The number of carbonyl (C=O) groups is 1. The molecule has 122 valence electrons. The number of aromatic nitrogens is 1. The lowest BCUT2D eigenvalue weighted by Gasteiger charge is -2.23. The Kier molecular flexibility index (Phi) is 4.68. The van der Waals surface area contributed by atoms with Gasteiger partial charge in [0, 0.05) is 30.7 Å². The third-order valence-electron chi connectivity index (χ3n) is 4.55. The largest absolute Gasteiger partial charge is 0.444 e. The van der Waals surface area contributed by atoms with E-state index in [4.69, 9.17) is 4.42 Å². The molecule has 0 aliphatic carbocycles. The monoisotopic (exact) mass is 333 g/mol. The van der Waals surface area contributed by atoms with E-state index in [1.54, 1.807) is 0 Å². The van der Waals surface area contributed by atoms with Gasteiger partial charge in [0.1, 0.15) is 6.26 Å². The van der Waals surface area contributed by atoms with Gasteiger partial charge in [-0.2, -0.15) is 0 Å².